The first-order valence-corrected chi connectivity index (χ1v) is 7.05. The number of Topliss-reactive ketones (excluding diaryl/α,β-unsaturated/α-hetero) is 1. The minimum Gasteiger partial charge on any atom is -0.377 e. The molecule has 2 unspecified atom stereocenters. The van der Waals surface area contributed by atoms with Crippen LogP contribution in [-0.4, -0.2) is 43.0 Å². The number of ketones is 1. The van der Waals surface area contributed by atoms with Crippen LogP contribution in [-0.2, 0) is 11.2 Å². The summed E-state index contributed by atoms with van der Waals surface area (Å²) in [6.07, 6.45) is 2.24. The lowest BCUT2D eigenvalue weighted by molar-refractivity contribution is 0.0746. The quantitative estimate of drug-likeness (QED) is 0.763. The SMILES string of the molecule is CCc1ccc(C(=O)CN(C)C2CCOC2C)cc1. The Morgan fingerprint density at radius 2 is 2.05 bits per heavy atom. The number of rotatable bonds is 5. The lowest BCUT2D eigenvalue weighted by Gasteiger charge is -2.25. The molecule has 1 aliphatic heterocycles. The summed E-state index contributed by atoms with van der Waals surface area (Å²) >= 11 is 0. The summed E-state index contributed by atoms with van der Waals surface area (Å²) in [6, 6.07) is 8.30. The topological polar surface area (TPSA) is 29.5 Å². The molecule has 0 saturated carbocycles. The molecule has 0 bridgehead atoms. The number of ether oxygens (including phenoxy) is 1. The molecule has 19 heavy (non-hydrogen) atoms. The number of aryl methyl sites for hydroxylation is 1. The van der Waals surface area contributed by atoms with Crippen molar-refractivity contribution in [3.05, 3.63) is 35.4 Å². The molecule has 0 N–H and O–H groups in total. The van der Waals surface area contributed by atoms with E-state index in [2.05, 4.69) is 18.7 Å². The summed E-state index contributed by atoms with van der Waals surface area (Å²) in [5.74, 6) is 0.184. The van der Waals surface area contributed by atoms with Crippen LogP contribution >= 0.6 is 0 Å². The molecule has 1 aliphatic rings. The molecule has 2 atom stereocenters. The highest BCUT2D eigenvalue weighted by Gasteiger charge is 2.28. The summed E-state index contributed by atoms with van der Waals surface area (Å²) in [5.41, 5.74) is 2.07. The number of likely N-dealkylation sites (N-methyl/N-ethyl adjacent to an activating group) is 1. The molecule has 1 aromatic carbocycles. The Labute approximate surface area is 115 Å². The van der Waals surface area contributed by atoms with Crippen molar-refractivity contribution in [3.8, 4) is 0 Å². The predicted molar refractivity (Wildman–Crippen MR) is 76.6 cm³/mol. The van der Waals surface area contributed by atoms with Gasteiger partial charge in [-0.2, -0.15) is 0 Å². The maximum Gasteiger partial charge on any atom is 0.176 e. The van der Waals surface area contributed by atoms with E-state index in [-0.39, 0.29) is 11.9 Å². The molecule has 0 aromatic heterocycles. The van der Waals surface area contributed by atoms with Gasteiger partial charge in [-0.05, 0) is 32.4 Å². The molecular formula is C16H23NO2. The van der Waals surface area contributed by atoms with Crippen LogP contribution in [0.15, 0.2) is 24.3 Å². The third-order valence-electron chi connectivity index (χ3n) is 3.98. The van der Waals surface area contributed by atoms with Crippen LogP contribution in [0.4, 0.5) is 0 Å². The maximum atomic E-state index is 12.2. The second kappa shape index (κ2) is 6.31. The van der Waals surface area contributed by atoms with E-state index in [1.807, 2.05) is 31.3 Å². The highest BCUT2D eigenvalue weighted by atomic mass is 16.5. The van der Waals surface area contributed by atoms with Gasteiger partial charge in [0.15, 0.2) is 5.78 Å². The van der Waals surface area contributed by atoms with Crippen molar-refractivity contribution in [2.24, 2.45) is 0 Å². The van der Waals surface area contributed by atoms with E-state index >= 15 is 0 Å². The van der Waals surface area contributed by atoms with Gasteiger partial charge in [-0.15, -0.1) is 0 Å². The van der Waals surface area contributed by atoms with Crippen molar-refractivity contribution in [1.29, 1.82) is 0 Å². The number of hydrogen-bond acceptors (Lipinski definition) is 3. The summed E-state index contributed by atoms with van der Waals surface area (Å²) in [7, 11) is 2.01. The zero-order valence-electron chi connectivity index (χ0n) is 12.1. The number of hydrogen-bond donors (Lipinski definition) is 0. The summed E-state index contributed by atoms with van der Waals surface area (Å²) < 4.78 is 5.55. The summed E-state index contributed by atoms with van der Waals surface area (Å²) in [4.78, 5) is 14.4. The Kier molecular flexibility index (Phi) is 4.72. The Hall–Kier alpha value is -1.19. The standard InChI is InChI=1S/C16H23NO2/c1-4-13-5-7-14(8-6-13)16(18)11-17(3)15-9-10-19-12(15)2/h5-8,12,15H,4,9-11H2,1-3H3. The highest BCUT2D eigenvalue weighted by Crippen LogP contribution is 2.18. The van der Waals surface area contributed by atoms with Crippen molar-refractivity contribution in [3.63, 3.8) is 0 Å². The van der Waals surface area contributed by atoms with Gasteiger partial charge >= 0.3 is 0 Å². The first kappa shape index (κ1) is 14.2. The van der Waals surface area contributed by atoms with Crippen LogP contribution in [0.25, 0.3) is 0 Å². The van der Waals surface area contributed by atoms with E-state index in [0.29, 0.717) is 12.6 Å². The van der Waals surface area contributed by atoms with Crippen molar-refractivity contribution >= 4 is 5.78 Å². The fourth-order valence-corrected chi connectivity index (χ4v) is 2.66. The number of benzene rings is 1. The van der Waals surface area contributed by atoms with Gasteiger partial charge in [0.2, 0.25) is 0 Å². The number of carbonyl (C=O) groups is 1. The van der Waals surface area contributed by atoms with E-state index in [1.54, 1.807) is 0 Å². The van der Waals surface area contributed by atoms with Gasteiger partial charge in [-0.3, -0.25) is 9.69 Å². The van der Waals surface area contributed by atoms with Gasteiger partial charge in [0.25, 0.3) is 0 Å². The molecule has 0 radical (unpaired) electrons. The average Bonchev–Trinajstić information content (AvgIpc) is 2.85. The lowest BCUT2D eigenvalue weighted by atomic mass is 10.1. The van der Waals surface area contributed by atoms with Crippen LogP contribution in [0.5, 0.6) is 0 Å². The van der Waals surface area contributed by atoms with Crippen molar-refractivity contribution in [2.75, 3.05) is 20.2 Å². The molecule has 3 heteroatoms. The van der Waals surface area contributed by atoms with Gasteiger partial charge in [-0.25, -0.2) is 0 Å². The molecule has 0 amide bonds. The highest BCUT2D eigenvalue weighted by molar-refractivity contribution is 5.97. The molecule has 1 aromatic rings. The van der Waals surface area contributed by atoms with E-state index in [1.165, 1.54) is 5.56 Å². The van der Waals surface area contributed by atoms with Crippen LogP contribution in [0, 0.1) is 0 Å². The van der Waals surface area contributed by atoms with Crippen LogP contribution in [0.3, 0.4) is 0 Å². The molecule has 1 fully saturated rings. The van der Waals surface area contributed by atoms with E-state index in [0.717, 1.165) is 25.0 Å². The fraction of sp³-hybridized carbons (Fsp3) is 0.562. The summed E-state index contributed by atoms with van der Waals surface area (Å²) in [5, 5.41) is 0. The van der Waals surface area contributed by atoms with Crippen LogP contribution < -0.4 is 0 Å². The lowest BCUT2D eigenvalue weighted by Crippen LogP contribution is -2.39. The normalized spacial score (nSPS) is 22.9. The molecule has 104 valence electrons. The maximum absolute atomic E-state index is 12.2. The van der Waals surface area contributed by atoms with Crippen LogP contribution in [0.2, 0.25) is 0 Å². The third kappa shape index (κ3) is 3.43. The average molecular weight is 261 g/mol. The molecule has 0 aliphatic carbocycles. The molecule has 0 spiro atoms. The van der Waals surface area contributed by atoms with Gasteiger partial charge in [0.1, 0.15) is 0 Å². The monoisotopic (exact) mass is 261 g/mol. The Morgan fingerprint density at radius 1 is 1.37 bits per heavy atom. The second-order valence-electron chi connectivity index (χ2n) is 5.32. The first-order valence-electron chi connectivity index (χ1n) is 7.05. The van der Waals surface area contributed by atoms with E-state index in [4.69, 9.17) is 4.74 Å². The van der Waals surface area contributed by atoms with E-state index in [9.17, 15) is 4.79 Å². The Balaban J connectivity index is 1.96. The number of carbonyl (C=O) groups excluding carboxylic acids is 1. The summed E-state index contributed by atoms with van der Waals surface area (Å²) in [6.45, 7) is 5.46. The van der Waals surface area contributed by atoms with Crippen molar-refractivity contribution in [2.45, 2.75) is 38.8 Å². The Morgan fingerprint density at radius 3 is 2.58 bits per heavy atom. The molecule has 1 saturated heterocycles. The molecule has 2 rings (SSSR count). The first-order chi connectivity index (χ1) is 9.11. The van der Waals surface area contributed by atoms with E-state index < -0.39 is 0 Å². The third-order valence-corrected chi connectivity index (χ3v) is 3.98. The van der Waals surface area contributed by atoms with Crippen molar-refractivity contribution in [1.82, 2.24) is 4.90 Å². The molecule has 3 nitrogen and oxygen atoms in total. The van der Waals surface area contributed by atoms with Gasteiger partial charge in [0.05, 0.1) is 12.6 Å². The minimum atomic E-state index is 0.184. The molecule has 1 heterocycles. The van der Waals surface area contributed by atoms with Gasteiger partial charge in [0, 0.05) is 18.2 Å². The molecular weight excluding hydrogens is 238 g/mol. The fourth-order valence-electron chi connectivity index (χ4n) is 2.66. The second-order valence-corrected chi connectivity index (χ2v) is 5.32. The minimum absolute atomic E-state index is 0.184. The smallest absolute Gasteiger partial charge is 0.176 e. The zero-order chi connectivity index (χ0) is 13.8. The Bertz CT molecular complexity index is 427. The number of nitrogens with zero attached hydrogens (tertiary/aromatic N) is 1. The van der Waals surface area contributed by atoms with Gasteiger partial charge in [-0.1, -0.05) is 31.2 Å². The predicted octanol–water partition coefficient (Wildman–Crippen LogP) is 2.54. The van der Waals surface area contributed by atoms with Gasteiger partial charge < -0.3 is 4.74 Å². The zero-order valence-corrected chi connectivity index (χ0v) is 12.1. The van der Waals surface area contributed by atoms with Crippen LogP contribution in [0.1, 0.15) is 36.2 Å². The largest absolute Gasteiger partial charge is 0.377 e. The van der Waals surface area contributed by atoms with Crippen molar-refractivity contribution < 1.29 is 9.53 Å².